The lowest BCUT2D eigenvalue weighted by molar-refractivity contribution is -0.110. The van der Waals surface area contributed by atoms with Gasteiger partial charge in [-0.15, -0.1) is 0 Å². The Morgan fingerprint density at radius 3 is 1.82 bits per heavy atom. The predicted molar refractivity (Wildman–Crippen MR) is 139 cm³/mol. The first kappa shape index (κ1) is 19.0. The maximum atomic E-state index is 13.5. The van der Waals surface area contributed by atoms with Gasteiger partial charge in [-0.3, -0.25) is 9.59 Å². The van der Waals surface area contributed by atoms with E-state index < -0.39 is 11.6 Å². The van der Waals surface area contributed by atoms with Crippen LogP contribution in [-0.4, -0.2) is 11.6 Å². The second kappa shape index (κ2) is 6.97. The highest BCUT2D eigenvalue weighted by atomic mass is 16.2. The molecule has 0 N–H and O–H groups in total. The summed E-state index contributed by atoms with van der Waals surface area (Å²) < 4.78 is 0. The minimum Gasteiger partial charge on any atom is -0.286 e. The molecule has 0 saturated carbocycles. The van der Waals surface area contributed by atoms with Gasteiger partial charge in [0.25, 0.3) is 0 Å². The molecule has 0 radical (unpaired) electrons. The van der Waals surface area contributed by atoms with Crippen molar-refractivity contribution in [3.05, 3.63) is 126 Å². The van der Waals surface area contributed by atoms with Gasteiger partial charge in [0.2, 0.25) is 11.6 Å². The molecule has 2 nitrogen and oxygen atoms in total. The molecule has 6 aromatic carbocycles. The third-order valence-corrected chi connectivity index (χ3v) is 6.97. The van der Waals surface area contributed by atoms with Crippen LogP contribution in [0.5, 0.6) is 0 Å². The summed E-state index contributed by atoms with van der Waals surface area (Å²) in [7, 11) is 0. The largest absolute Gasteiger partial charge is 0.286 e. The average Bonchev–Trinajstić information content (AvgIpc) is 2.90. The lowest BCUT2D eigenvalue weighted by atomic mass is 9.81. The van der Waals surface area contributed by atoms with Crippen LogP contribution in [0.4, 0.5) is 0 Å². The van der Waals surface area contributed by atoms with Crippen molar-refractivity contribution in [3.8, 4) is 0 Å². The molecule has 1 aliphatic carbocycles. The zero-order chi connectivity index (χ0) is 22.8. The zero-order valence-electron chi connectivity index (χ0n) is 18.2. The van der Waals surface area contributed by atoms with Crippen LogP contribution in [0.25, 0.3) is 48.7 Å². The zero-order valence-corrected chi connectivity index (χ0v) is 18.2. The van der Waals surface area contributed by atoms with Crippen molar-refractivity contribution >= 4 is 60.2 Å². The van der Waals surface area contributed by atoms with E-state index in [4.69, 9.17) is 0 Å². The predicted octanol–water partition coefficient (Wildman–Crippen LogP) is 7.50. The molecule has 0 aromatic heterocycles. The quantitative estimate of drug-likeness (QED) is 0.198. The van der Waals surface area contributed by atoms with Crippen LogP contribution in [0, 0.1) is 0 Å². The van der Waals surface area contributed by atoms with Crippen molar-refractivity contribution in [1.82, 2.24) is 0 Å². The van der Waals surface area contributed by atoms with Crippen LogP contribution in [0.15, 0.2) is 109 Å². The van der Waals surface area contributed by atoms with E-state index in [1.165, 1.54) is 6.08 Å². The Balaban J connectivity index is 1.72. The van der Waals surface area contributed by atoms with Gasteiger partial charge in [-0.05, 0) is 60.5 Å². The van der Waals surface area contributed by atoms with Gasteiger partial charge in [0, 0.05) is 10.9 Å². The Labute approximate surface area is 195 Å². The summed E-state index contributed by atoms with van der Waals surface area (Å²) in [6.07, 6.45) is 1.49. The van der Waals surface area contributed by atoms with Crippen molar-refractivity contribution in [2.24, 2.45) is 0 Å². The summed E-state index contributed by atoms with van der Waals surface area (Å²) in [6, 6.07) is 34.9. The molecule has 0 bridgehead atoms. The number of benzene rings is 6. The number of rotatable bonds is 1. The first-order valence-electron chi connectivity index (χ1n) is 11.4. The van der Waals surface area contributed by atoms with Gasteiger partial charge in [-0.25, -0.2) is 0 Å². The number of carbonyl (C=O) groups excluding carboxylic acids is 2. The van der Waals surface area contributed by atoms with E-state index in [2.05, 4.69) is 48.5 Å². The molecule has 0 unspecified atom stereocenters. The van der Waals surface area contributed by atoms with Crippen LogP contribution < -0.4 is 0 Å². The van der Waals surface area contributed by atoms with Crippen LogP contribution in [0.3, 0.4) is 0 Å². The maximum absolute atomic E-state index is 13.5. The maximum Gasteiger partial charge on any atom is 0.234 e. The highest BCUT2D eigenvalue weighted by Gasteiger charge is 2.29. The van der Waals surface area contributed by atoms with E-state index in [1.54, 1.807) is 0 Å². The van der Waals surface area contributed by atoms with E-state index in [0.29, 0.717) is 5.56 Å². The third-order valence-electron chi connectivity index (χ3n) is 6.97. The van der Waals surface area contributed by atoms with Gasteiger partial charge in [-0.1, -0.05) is 103 Å². The Morgan fingerprint density at radius 1 is 0.471 bits per heavy atom. The molecule has 7 rings (SSSR count). The molecule has 34 heavy (non-hydrogen) atoms. The molecule has 0 spiro atoms. The standard InChI is InChI=1S/C32H18O2/c33-27-18-26(19-6-2-1-3-7-19)25-17-16-23-15-14-22-13-12-21-11-10-20-8-4-5-9-24(20)28(21)29(22)30(23)31(25)32(27)34/h1-18H. The molecular formula is C32H18O2. The number of carbonyl (C=O) groups is 2. The molecule has 0 saturated heterocycles. The lowest BCUT2D eigenvalue weighted by Gasteiger charge is -2.20. The van der Waals surface area contributed by atoms with Gasteiger partial charge >= 0.3 is 0 Å². The first-order chi connectivity index (χ1) is 16.7. The van der Waals surface area contributed by atoms with Gasteiger partial charge in [0.05, 0.1) is 0 Å². The summed E-state index contributed by atoms with van der Waals surface area (Å²) in [5.41, 5.74) is 3.05. The summed E-state index contributed by atoms with van der Waals surface area (Å²) >= 11 is 0. The minimum atomic E-state index is -0.471. The molecule has 0 aliphatic heterocycles. The van der Waals surface area contributed by atoms with Crippen LogP contribution in [0.2, 0.25) is 0 Å². The Kier molecular flexibility index (Phi) is 3.88. The van der Waals surface area contributed by atoms with Crippen LogP contribution in [0.1, 0.15) is 21.5 Å². The monoisotopic (exact) mass is 434 g/mol. The summed E-state index contributed by atoms with van der Waals surface area (Å²) in [5.74, 6) is -0.911. The number of Topliss-reactive ketones (excluding diaryl/α,β-unsaturated/α-hetero) is 1. The Hall–Kier alpha value is -4.56. The molecule has 0 atom stereocenters. The molecule has 2 heteroatoms. The van der Waals surface area contributed by atoms with Gasteiger partial charge in [0.1, 0.15) is 0 Å². The van der Waals surface area contributed by atoms with E-state index in [9.17, 15) is 9.59 Å². The van der Waals surface area contributed by atoms with Crippen LogP contribution >= 0.6 is 0 Å². The number of hydrogen-bond donors (Lipinski definition) is 0. The van der Waals surface area contributed by atoms with Gasteiger partial charge in [0.15, 0.2) is 0 Å². The van der Waals surface area contributed by atoms with Gasteiger partial charge < -0.3 is 0 Å². The highest BCUT2D eigenvalue weighted by molar-refractivity contribution is 6.54. The topological polar surface area (TPSA) is 34.1 Å². The fourth-order valence-corrected chi connectivity index (χ4v) is 5.44. The molecule has 6 aromatic rings. The fraction of sp³-hybridized carbons (Fsp3) is 0. The number of hydrogen-bond acceptors (Lipinski definition) is 2. The Morgan fingerprint density at radius 2 is 1.06 bits per heavy atom. The number of allylic oxidation sites excluding steroid dienone is 1. The highest BCUT2D eigenvalue weighted by Crippen LogP contribution is 2.41. The normalized spacial score (nSPS) is 13.6. The van der Waals surface area contributed by atoms with Crippen molar-refractivity contribution < 1.29 is 9.59 Å². The lowest BCUT2D eigenvalue weighted by Crippen LogP contribution is -2.19. The second-order valence-corrected chi connectivity index (χ2v) is 8.82. The average molecular weight is 434 g/mol. The number of ketones is 2. The molecule has 0 amide bonds. The van der Waals surface area contributed by atoms with Crippen molar-refractivity contribution in [2.45, 2.75) is 0 Å². The number of fused-ring (bicyclic) bond motifs is 9. The SMILES string of the molecule is O=C1C=C(c2ccccc2)c2ccc3ccc4ccc5ccc6ccccc6c5c4c3c2C1=O. The molecule has 0 heterocycles. The second-order valence-electron chi connectivity index (χ2n) is 8.82. The first-order valence-corrected chi connectivity index (χ1v) is 11.4. The molecular weight excluding hydrogens is 416 g/mol. The van der Waals surface area contributed by atoms with Crippen molar-refractivity contribution in [1.29, 1.82) is 0 Å². The van der Waals surface area contributed by atoms with E-state index in [1.807, 2.05) is 54.6 Å². The van der Waals surface area contributed by atoms with Crippen molar-refractivity contribution in [3.63, 3.8) is 0 Å². The van der Waals surface area contributed by atoms with E-state index in [0.717, 1.165) is 59.8 Å². The molecule has 158 valence electrons. The molecule has 1 aliphatic rings. The van der Waals surface area contributed by atoms with E-state index in [-0.39, 0.29) is 0 Å². The smallest absolute Gasteiger partial charge is 0.234 e. The van der Waals surface area contributed by atoms with Crippen molar-refractivity contribution in [2.75, 3.05) is 0 Å². The molecule has 0 fully saturated rings. The summed E-state index contributed by atoms with van der Waals surface area (Å²) in [6.45, 7) is 0. The Bertz CT molecular complexity index is 1860. The summed E-state index contributed by atoms with van der Waals surface area (Å²) in [4.78, 5) is 26.4. The van der Waals surface area contributed by atoms with E-state index >= 15 is 0 Å². The summed E-state index contributed by atoms with van der Waals surface area (Å²) in [5, 5.41) is 8.43. The third kappa shape index (κ3) is 2.57. The van der Waals surface area contributed by atoms with Crippen LogP contribution in [-0.2, 0) is 4.79 Å². The van der Waals surface area contributed by atoms with Gasteiger partial charge in [-0.2, -0.15) is 0 Å². The minimum absolute atomic E-state index is 0.440. The fourth-order valence-electron chi connectivity index (χ4n) is 5.44.